The SMILES string of the molecule is C.C.C.CCOC(=O)c1c(OCCCN(C)C)nc2ccc(Cl)cc2c1N1CCN(C(=O)c2ccc(Cl)c(Cl)c2)CC1.CCOC(=O)c1c(OCCCN(C)C)nc2ccc(Cl)cc2c1N1CCN(C(=O)c2ccc(OC)cc2)CC1.CCOC(=O)c1c(OCCCN(C)C)nc2ccccc2c1N1CCN(C(=O)c2cccs2)CC1. The van der Waals surface area contributed by atoms with Gasteiger partial charge in [-0.05, 0) is 179 Å². The Labute approximate surface area is 706 Å². The fraction of sp³-hybridized carbons (Fsp3) is 0.430. The number of ether oxygens (including phenoxy) is 7. The quantitative estimate of drug-likeness (QED) is 0.0252. The maximum atomic E-state index is 13.3. The van der Waals surface area contributed by atoms with Gasteiger partial charge in [0, 0.05) is 136 Å². The van der Waals surface area contributed by atoms with Crippen molar-refractivity contribution in [1.82, 2.24) is 44.4 Å². The van der Waals surface area contributed by atoms with Crippen molar-refractivity contribution in [2.75, 3.05) is 202 Å². The van der Waals surface area contributed by atoms with E-state index in [4.69, 9.17) is 89.5 Å². The minimum Gasteiger partial charge on any atom is -0.497 e. The van der Waals surface area contributed by atoms with Crippen LogP contribution in [0.15, 0.2) is 121 Å². The van der Waals surface area contributed by atoms with E-state index in [0.717, 1.165) is 71.1 Å². The summed E-state index contributed by atoms with van der Waals surface area (Å²) in [5, 5.41) is 6.02. The molecule has 0 saturated carbocycles. The molecule has 0 spiro atoms. The van der Waals surface area contributed by atoms with Crippen molar-refractivity contribution >= 4 is 143 Å². The normalized spacial score (nSPS) is 13.4. The molecule has 0 aliphatic carbocycles. The number of esters is 3. The van der Waals surface area contributed by atoms with Crippen molar-refractivity contribution in [3.8, 4) is 23.4 Å². The van der Waals surface area contributed by atoms with Gasteiger partial charge in [-0.3, -0.25) is 14.4 Å². The summed E-state index contributed by atoms with van der Waals surface area (Å²) in [6.45, 7) is 15.9. The number of para-hydroxylation sites is 1. The van der Waals surface area contributed by atoms with Gasteiger partial charge in [0.05, 0.1) is 95.3 Å². The Kier molecular flexibility index (Phi) is 36.6. The molecular formula is C86H110Cl4N12O13S. The first-order chi connectivity index (χ1) is 54.5. The maximum Gasteiger partial charge on any atom is 0.345 e. The van der Waals surface area contributed by atoms with Crippen LogP contribution in [0.1, 0.15) is 124 Å². The van der Waals surface area contributed by atoms with Crippen LogP contribution in [0.3, 0.4) is 0 Å². The predicted molar refractivity (Wildman–Crippen MR) is 467 cm³/mol. The standard InChI is InChI=1S/C29H35ClN4O5.C28H31Cl3N4O4.C26H32N4O4S.3CH4/c1-5-38-29(36)25-26(23-19-21(30)9-12-24(23)31-27(25)39-18-6-13-32(2)3)33-14-16-34(17-15-33)28(35)20-7-10-22(37-4)11-8-20;1-4-38-28(37)24-25(20-17-19(29)7-9-23(20)32-26(24)39-15-5-10-33(2)3)34-11-13-35(14-12-34)27(36)18-6-8-21(30)22(31)16-18;1-4-33-26(32)22-23(29-13-15-30(16-14-29)25(31)21-11-7-18-35-21)19-9-5-6-10-20(19)27-24(22)34-17-8-12-28(2)3;;;/h7-12,19H,5-6,13-18H2,1-4H3;6-9,16-17H,4-5,10-15H2,1-3H3;5-7,9-11,18H,4,8,12-17H2,1-3H3;3*1H4. The number of carbonyl (C=O) groups is 6. The van der Waals surface area contributed by atoms with E-state index in [1.54, 1.807) is 93.4 Å². The first-order valence-corrected chi connectivity index (χ1v) is 40.2. The number of hydrogen-bond acceptors (Lipinski definition) is 23. The summed E-state index contributed by atoms with van der Waals surface area (Å²) in [4.78, 5) is 112. The van der Waals surface area contributed by atoms with E-state index >= 15 is 0 Å². The van der Waals surface area contributed by atoms with Crippen LogP contribution >= 0.6 is 57.7 Å². The number of pyridine rings is 3. The Hall–Kier alpha value is -9.51. The van der Waals surface area contributed by atoms with Crippen LogP contribution in [0.2, 0.25) is 20.1 Å². The average molecular weight is 1690 g/mol. The lowest BCUT2D eigenvalue weighted by atomic mass is 10.1. The molecule has 0 atom stereocenters. The summed E-state index contributed by atoms with van der Waals surface area (Å²) in [5.41, 5.74) is 6.13. The predicted octanol–water partition coefficient (Wildman–Crippen LogP) is 15.7. The second-order valence-electron chi connectivity index (χ2n) is 27.6. The zero-order valence-electron chi connectivity index (χ0n) is 65.6. The Morgan fingerprint density at radius 3 is 1.16 bits per heavy atom. The van der Waals surface area contributed by atoms with E-state index in [-0.39, 0.29) is 82.7 Å². The van der Waals surface area contributed by atoms with Crippen LogP contribution in [0.5, 0.6) is 23.4 Å². The summed E-state index contributed by atoms with van der Waals surface area (Å²) in [5.74, 6) is -0.115. The number of aromatic nitrogens is 3. The molecule has 7 heterocycles. The molecule has 626 valence electrons. The number of amides is 3. The van der Waals surface area contributed by atoms with Crippen molar-refractivity contribution in [3.63, 3.8) is 0 Å². The molecule has 3 aliphatic rings. The summed E-state index contributed by atoms with van der Waals surface area (Å²) in [6.07, 6.45) is 2.35. The lowest BCUT2D eigenvalue weighted by molar-refractivity contribution is 0.0511. The molecule has 0 bridgehead atoms. The van der Waals surface area contributed by atoms with E-state index in [9.17, 15) is 28.8 Å². The minimum absolute atomic E-state index is 0. The van der Waals surface area contributed by atoms with Crippen molar-refractivity contribution in [2.45, 2.75) is 62.3 Å². The third-order valence-electron chi connectivity index (χ3n) is 18.9. The first-order valence-electron chi connectivity index (χ1n) is 37.8. The van der Waals surface area contributed by atoms with Crippen LogP contribution in [-0.2, 0) is 14.2 Å². The Morgan fingerprint density at radius 2 is 0.784 bits per heavy atom. The summed E-state index contributed by atoms with van der Waals surface area (Å²) in [6, 6.07) is 34.2. The molecule has 3 fully saturated rings. The number of nitrogens with zero attached hydrogens (tertiary/aromatic N) is 12. The molecule has 30 heteroatoms. The highest BCUT2D eigenvalue weighted by atomic mass is 35.5. The molecule has 12 rings (SSSR count). The highest BCUT2D eigenvalue weighted by Crippen LogP contribution is 2.42. The molecular weight excluding hydrogens is 1580 g/mol. The van der Waals surface area contributed by atoms with Crippen LogP contribution < -0.4 is 33.6 Å². The summed E-state index contributed by atoms with van der Waals surface area (Å²) < 4.78 is 39.8. The zero-order chi connectivity index (χ0) is 80.8. The number of rotatable bonds is 28. The smallest absolute Gasteiger partial charge is 0.345 e. The number of thiophene rings is 1. The third kappa shape index (κ3) is 24.1. The number of methoxy groups -OCH3 is 1. The zero-order valence-corrected chi connectivity index (χ0v) is 69.5. The van der Waals surface area contributed by atoms with Gasteiger partial charge in [0.1, 0.15) is 22.4 Å². The molecule has 25 nitrogen and oxygen atoms in total. The largest absolute Gasteiger partial charge is 0.497 e. The van der Waals surface area contributed by atoms with Crippen LogP contribution in [0, 0.1) is 0 Å². The monoisotopic (exact) mass is 1690 g/mol. The Balaban J connectivity index is 0.000000238. The highest BCUT2D eigenvalue weighted by molar-refractivity contribution is 7.12. The van der Waals surface area contributed by atoms with Gasteiger partial charge in [-0.2, -0.15) is 0 Å². The van der Waals surface area contributed by atoms with Gasteiger partial charge in [-0.15, -0.1) is 11.3 Å². The molecule has 0 unspecified atom stereocenters. The van der Waals surface area contributed by atoms with Gasteiger partial charge >= 0.3 is 17.9 Å². The maximum absolute atomic E-state index is 13.3. The number of anilines is 3. The van der Waals surface area contributed by atoms with Gasteiger partial charge in [-0.25, -0.2) is 29.3 Å². The first kappa shape index (κ1) is 93.6. The Bertz CT molecular complexity index is 4770. The molecule has 0 radical (unpaired) electrons. The number of carbonyl (C=O) groups excluding carboxylic acids is 6. The van der Waals surface area contributed by atoms with Crippen molar-refractivity contribution in [2.24, 2.45) is 0 Å². The van der Waals surface area contributed by atoms with Crippen LogP contribution in [0.4, 0.5) is 17.1 Å². The number of fused-ring (bicyclic) bond motifs is 3. The minimum atomic E-state index is -0.515. The van der Waals surface area contributed by atoms with Crippen molar-refractivity contribution < 1.29 is 61.9 Å². The van der Waals surface area contributed by atoms with E-state index in [0.29, 0.717) is 169 Å². The second-order valence-corrected chi connectivity index (χ2v) is 30.2. The number of halogens is 4. The van der Waals surface area contributed by atoms with E-state index < -0.39 is 17.9 Å². The van der Waals surface area contributed by atoms with Crippen LogP contribution in [0.25, 0.3) is 32.7 Å². The lowest BCUT2D eigenvalue weighted by Crippen LogP contribution is -2.49. The van der Waals surface area contributed by atoms with Crippen LogP contribution in [-0.4, -0.2) is 267 Å². The van der Waals surface area contributed by atoms with Gasteiger partial charge in [0.25, 0.3) is 17.7 Å². The van der Waals surface area contributed by atoms with Gasteiger partial charge < -0.3 is 77.3 Å². The number of hydrogen-bond donors (Lipinski definition) is 0. The van der Waals surface area contributed by atoms with E-state index in [2.05, 4.69) is 34.4 Å². The third-order valence-corrected chi connectivity index (χ3v) is 21.0. The highest BCUT2D eigenvalue weighted by Gasteiger charge is 2.35. The molecule has 0 N–H and O–H groups in total. The Morgan fingerprint density at radius 1 is 0.414 bits per heavy atom. The topological polar surface area (TPSA) is 235 Å². The van der Waals surface area contributed by atoms with Gasteiger partial charge in [0.15, 0.2) is 0 Å². The van der Waals surface area contributed by atoms with Gasteiger partial charge in [-0.1, -0.05) is 92.9 Å². The van der Waals surface area contributed by atoms with Crippen molar-refractivity contribution in [1.29, 1.82) is 0 Å². The molecule has 9 aromatic rings. The molecule has 116 heavy (non-hydrogen) atoms. The van der Waals surface area contributed by atoms with E-state index in [1.165, 1.54) is 11.3 Å². The second kappa shape index (κ2) is 45.3. The fourth-order valence-corrected chi connectivity index (χ4v) is 14.7. The lowest BCUT2D eigenvalue weighted by Gasteiger charge is -2.37. The molecule has 3 aliphatic heterocycles. The van der Waals surface area contributed by atoms with E-state index in [1.807, 2.05) is 112 Å². The fourth-order valence-electron chi connectivity index (χ4n) is 13.4. The van der Waals surface area contributed by atoms with Crippen molar-refractivity contribution in [3.05, 3.63) is 173 Å². The summed E-state index contributed by atoms with van der Waals surface area (Å²) in [7, 11) is 13.6. The average Bonchev–Trinajstić information content (AvgIpc) is 0.788. The molecule has 5 aromatic carbocycles. The summed E-state index contributed by atoms with van der Waals surface area (Å²) >= 11 is 26.4. The molecule has 4 aromatic heterocycles. The number of benzene rings is 5. The van der Waals surface area contributed by atoms with Gasteiger partial charge in [0.2, 0.25) is 17.6 Å². The molecule has 3 amide bonds. The number of piperazine rings is 3. The molecule has 3 saturated heterocycles.